The Labute approximate surface area is 115 Å². The van der Waals surface area contributed by atoms with Gasteiger partial charge in [0, 0.05) is 13.6 Å². The Morgan fingerprint density at radius 3 is 2.89 bits per heavy atom. The lowest BCUT2D eigenvalue weighted by Crippen LogP contribution is -2.30. The molecule has 8 heteroatoms. The Morgan fingerprint density at radius 1 is 1.63 bits per heavy atom. The van der Waals surface area contributed by atoms with Gasteiger partial charge in [-0.1, -0.05) is 11.6 Å². The van der Waals surface area contributed by atoms with E-state index in [1.54, 1.807) is 11.9 Å². The van der Waals surface area contributed by atoms with Gasteiger partial charge in [0.25, 0.3) is 5.56 Å². The summed E-state index contributed by atoms with van der Waals surface area (Å²) in [5.74, 6) is -0.560. The minimum absolute atomic E-state index is 0.0263. The van der Waals surface area contributed by atoms with E-state index in [0.717, 1.165) is 11.1 Å². The van der Waals surface area contributed by atoms with E-state index < -0.39 is 11.5 Å². The number of nitrogens with zero attached hydrogens (tertiary/aromatic N) is 3. The molecule has 0 amide bonds. The Bertz CT molecular complexity index is 503. The molecule has 0 aromatic carbocycles. The number of anilines is 1. The van der Waals surface area contributed by atoms with Gasteiger partial charge in [-0.25, -0.2) is 4.68 Å². The fourth-order valence-corrected chi connectivity index (χ4v) is 1.76. The number of aromatic nitrogens is 2. The predicted molar refractivity (Wildman–Crippen MR) is 72.5 cm³/mol. The van der Waals surface area contributed by atoms with Gasteiger partial charge in [-0.15, -0.1) is 0 Å². The Kier molecular flexibility index (Phi) is 5.78. The molecule has 1 aromatic rings. The normalized spacial score (nSPS) is 10.3. The molecular formula is C11H17ClN4O3. The number of hydrogen-bond donors (Lipinski definition) is 1. The molecule has 0 bridgehead atoms. The highest BCUT2D eigenvalue weighted by atomic mass is 35.5. The number of carbonyl (C=O) groups excluding carboxylic acids is 1. The van der Waals surface area contributed by atoms with E-state index in [4.69, 9.17) is 17.3 Å². The Hall–Kier alpha value is -1.60. The van der Waals surface area contributed by atoms with Crippen LogP contribution >= 0.6 is 11.6 Å². The van der Waals surface area contributed by atoms with Crippen molar-refractivity contribution in [3.05, 3.63) is 21.6 Å². The first kappa shape index (κ1) is 15.5. The van der Waals surface area contributed by atoms with Crippen LogP contribution in [-0.4, -0.2) is 43.0 Å². The molecule has 0 spiro atoms. The van der Waals surface area contributed by atoms with Crippen LogP contribution < -0.4 is 16.2 Å². The van der Waals surface area contributed by atoms with Gasteiger partial charge in [0.2, 0.25) is 0 Å². The van der Waals surface area contributed by atoms with Gasteiger partial charge in [-0.05, 0) is 13.0 Å². The number of ether oxygens (including phenoxy) is 1. The van der Waals surface area contributed by atoms with Crippen molar-refractivity contribution >= 4 is 23.3 Å². The molecule has 2 N–H and O–H groups in total. The highest BCUT2D eigenvalue weighted by molar-refractivity contribution is 6.33. The smallest absolute Gasteiger partial charge is 0.327 e. The minimum Gasteiger partial charge on any atom is -0.468 e. The van der Waals surface area contributed by atoms with Crippen LogP contribution in [0.4, 0.5) is 5.69 Å². The first-order valence-corrected chi connectivity index (χ1v) is 6.12. The summed E-state index contributed by atoms with van der Waals surface area (Å²) < 4.78 is 5.44. The molecule has 1 aromatic heterocycles. The molecule has 0 radical (unpaired) electrons. The van der Waals surface area contributed by atoms with Gasteiger partial charge in [0.1, 0.15) is 11.6 Å². The lowest BCUT2D eigenvalue weighted by Gasteiger charge is -2.19. The number of rotatable bonds is 6. The number of halogens is 1. The van der Waals surface area contributed by atoms with E-state index in [2.05, 4.69) is 9.84 Å². The van der Waals surface area contributed by atoms with E-state index in [9.17, 15) is 9.59 Å². The second-order valence-electron chi connectivity index (χ2n) is 3.95. The molecule has 0 unspecified atom stereocenters. The van der Waals surface area contributed by atoms with Crippen LogP contribution in [0.1, 0.15) is 6.42 Å². The first-order chi connectivity index (χ1) is 9.01. The van der Waals surface area contributed by atoms with E-state index in [1.165, 1.54) is 13.3 Å². The van der Waals surface area contributed by atoms with Crippen molar-refractivity contribution in [1.29, 1.82) is 0 Å². The molecular weight excluding hydrogens is 272 g/mol. The summed E-state index contributed by atoms with van der Waals surface area (Å²) >= 11 is 6.00. The van der Waals surface area contributed by atoms with Crippen LogP contribution in [0.3, 0.4) is 0 Å². The van der Waals surface area contributed by atoms with Crippen molar-refractivity contribution < 1.29 is 9.53 Å². The van der Waals surface area contributed by atoms with Crippen LogP contribution in [0.2, 0.25) is 5.02 Å². The average molecular weight is 289 g/mol. The fraction of sp³-hybridized carbons (Fsp3) is 0.545. The summed E-state index contributed by atoms with van der Waals surface area (Å²) in [7, 11) is 3.03. The van der Waals surface area contributed by atoms with E-state index in [1.807, 2.05) is 0 Å². The Morgan fingerprint density at radius 2 is 2.32 bits per heavy atom. The van der Waals surface area contributed by atoms with Gasteiger partial charge in [0.05, 0.1) is 19.0 Å². The monoisotopic (exact) mass is 288 g/mol. The lowest BCUT2D eigenvalue weighted by molar-refractivity contribution is -0.141. The van der Waals surface area contributed by atoms with Crippen molar-refractivity contribution in [3.8, 4) is 0 Å². The van der Waals surface area contributed by atoms with Crippen molar-refractivity contribution in [3.63, 3.8) is 0 Å². The molecule has 1 rings (SSSR count). The van der Waals surface area contributed by atoms with E-state index in [0.29, 0.717) is 18.8 Å². The van der Waals surface area contributed by atoms with Crippen molar-refractivity contribution in [1.82, 2.24) is 9.78 Å². The van der Waals surface area contributed by atoms with Crippen LogP contribution in [0.5, 0.6) is 0 Å². The predicted octanol–water partition coefficient (Wildman–Crippen LogP) is -0.145. The van der Waals surface area contributed by atoms with E-state index in [-0.39, 0.29) is 11.6 Å². The van der Waals surface area contributed by atoms with Crippen molar-refractivity contribution in [2.45, 2.75) is 13.0 Å². The third-order valence-corrected chi connectivity index (χ3v) is 2.94. The lowest BCUT2D eigenvalue weighted by atomic mass is 10.3. The van der Waals surface area contributed by atoms with Crippen molar-refractivity contribution in [2.75, 3.05) is 32.1 Å². The fourth-order valence-electron chi connectivity index (χ4n) is 1.47. The largest absolute Gasteiger partial charge is 0.468 e. The molecule has 0 saturated heterocycles. The number of carbonyl (C=O) groups is 1. The maximum Gasteiger partial charge on any atom is 0.327 e. The maximum absolute atomic E-state index is 11.9. The summed E-state index contributed by atoms with van der Waals surface area (Å²) in [6.07, 6.45) is 2.22. The van der Waals surface area contributed by atoms with E-state index >= 15 is 0 Å². The summed E-state index contributed by atoms with van der Waals surface area (Å²) in [5.41, 5.74) is 5.42. The molecule has 0 fully saturated rings. The number of hydrogen-bond acceptors (Lipinski definition) is 6. The summed E-state index contributed by atoms with van der Waals surface area (Å²) in [6, 6.07) is 0. The van der Waals surface area contributed by atoms with Crippen LogP contribution in [0.15, 0.2) is 11.0 Å². The van der Waals surface area contributed by atoms with Crippen LogP contribution in [-0.2, 0) is 16.1 Å². The molecule has 7 nitrogen and oxygen atoms in total. The van der Waals surface area contributed by atoms with Gasteiger partial charge in [-0.2, -0.15) is 5.10 Å². The summed E-state index contributed by atoms with van der Waals surface area (Å²) in [6.45, 7) is 0.953. The molecule has 106 valence electrons. The topological polar surface area (TPSA) is 90.5 Å². The minimum atomic E-state index is -0.560. The standard InChI is InChI=1S/C11H17ClN4O3/c1-15(5-3-4-13)8-6-14-16(7-9(17)19-2)11(18)10(8)12/h6H,3-5,7,13H2,1-2H3. The molecule has 0 atom stereocenters. The number of esters is 1. The van der Waals surface area contributed by atoms with Crippen LogP contribution in [0, 0.1) is 0 Å². The SMILES string of the molecule is COC(=O)Cn1ncc(N(C)CCCN)c(Cl)c1=O. The summed E-state index contributed by atoms with van der Waals surface area (Å²) in [5, 5.41) is 3.93. The van der Waals surface area contributed by atoms with Gasteiger partial charge in [-0.3, -0.25) is 9.59 Å². The zero-order valence-electron chi connectivity index (χ0n) is 10.9. The number of methoxy groups -OCH3 is 1. The van der Waals surface area contributed by atoms with Gasteiger partial charge in [0.15, 0.2) is 0 Å². The maximum atomic E-state index is 11.9. The Balaban J connectivity index is 2.97. The zero-order chi connectivity index (χ0) is 14.4. The highest BCUT2D eigenvalue weighted by Crippen LogP contribution is 2.19. The third kappa shape index (κ3) is 3.93. The zero-order valence-corrected chi connectivity index (χ0v) is 11.7. The van der Waals surface area contributed by atoms with Crippen molar-refractivity contribution in [2.24, 2.45) is 5.73 Å². The molecule has 0 saturated carbocycles. The second-order valence-corrected chi connectivity index (χ2v) is 4.32. The molecule has 19 heavy (non-hydrogen) atoms. The first-order valence-electron chi connectivity index (χ1n) is 5.75. The molecule has 1 heterocycles. The highest BCUT2D eigenvalue weighted by Gasteiger charge is 2.14. The third-order valence-electron chi connectivity index (χ3n) is 2.58. The molecule has 0 aliphatic carbocycles. The molecule has 0 aliphatic rings. The van der Waals surface area contributed by atoms with Gasteiger partial charge < -0.3 is 15.4 Å². The number of nitrogens with two attached hydrogens (primary N) is 1. The average Bonchev–Trinajstić information content (AvgIpc) is 2.41. The van der Waals surface area contributed by atoms with Gasteiger partial charge >= 0.3 is 5.97 Å². The summed E-state index contributed by atoms with van der Waals surface area (Å²) in [4.78, 5) is 24.8. The molecule has 0 aliphatic heterocycles. The van der Waals surface area contributed by atoms with Crippen LogP contribution in [0.25, 0.3) is 0 Å². The quantitative estimate of drug-likeness (QED) is 0.733. The second kappa shape index (κ2) is 7.10.